The van der Waals surface area contributed by atoms with Gasteiger partial charge in [-0.1, -0.05) is 0 Å². The molecule has 1 rings (SSSR count). The fraction of sp³-hybridized carbons (Fsp3) is 0.909. The Morgan fingerprint density at radius 2 is 2.12 bits per heavy atom. The zero-order chi connectivity index (χ0) is 11.5. The van der Waals surface area contributed by atoms with Crippen molar-refractivity contribution >= 4 is 18.4 Å². The van der Waals surface area contributed by atoms with E-state index in [1.807, 2.05) is 27.7 Å². The Hall–Kier alpha value is -0.320. The fourth-order valence-corrected chi connectivity index (χ4v) is 1.61. The summed E-state index contributed by atoms with van der Waals surface area (Å²) in [5.41, 5.74) is -0.402. The van der Waals surface area contributed by atoms with E-state index in [1.165, 1.54) is 0 Å². The van der Waals surface area contributed by atoms with Gasteiger partial charge in [-0.25, -0.2) is 0 Å². The van der Waals surface area contributed by atoms with Crippen LogP contribution in [0.5, 0.6) is 0 Å². The van der Waals surface area contributed by atoms with Gasteiger partial charge in [-0.15, -0.1) is 12.4 Å². The zero-order valence-corrected chi connectivity index (χ0v) is 11.3. The SMILES string of the molecule is C[C@H](N[C@H]1CCNC1)C(=O)OC(C)(C)C.Cl. The summed E-state index contributed by atoms with van der Waals surface area (Å²) in [5.74, 6) is -0.172. The number of halogens is 1. The maximum Gasteiger partial charge on any atom is 0.323 e. The average Bonchev–Trinajstić information content (AvgIpc) is 2.53. The predicted octanol–water partition coefficient (Wildman–Crippen LogP) is 1.09. The van der Waals surface area contributed by atoms with Crippen molar-refractivity contribution in [3.05, 3.63) is 0 Å². The summed E-state index contributed by atoms with van der Waals surface area (Å²) in [6.07, 6.45) is 1.08. The molecular weight excluding hydrogens is 228 g/mol. The van der Waals surface area contributed by atoms with Gasteiger partial charge in [-0.3, -0.25) is 4.79 Å². The summed E-state index contributed by atoms with van der Waals surface area (Å²) in [6, 6.07) is 0.168. The Morgan fingerprint density at radius 1 is 1.50 bits per heavy atom. The van der Waals surface area contributed by atoms with E-state index >= 15 is 0 Å². The molecule has 0 aliphatic carbocycles. The van der Waals surface area contributed by atoms with Crippen LogP contribution >= 0.6 is 12.4 Å². The third-order valence-corrected chi connectivity index (χ3v) is 2.31. The summed E-state index contributed by atoms with van der Waals surface area (Å²) >= 11 is 0. The van der Waals surface area contributed by atoms with E-state index < -0.39 is 5.60 Å². The molecule has 0 aromatic heterocycles. The van der Waals surface area contributed by atoms with Gasteiger partial charge in [-0.2, -0.15) is 0 Å². The van der Waals surface area contributed by atoms with E-state index in [1.54, 1.807) is 0 Å². The van der Waals surface area contributed by atoms with Crippen molar-refractivity contribution in [3.63, 3.8) is 0 Å². The van der Waals surface area contributed by atoms with Gasteiger partial charge in [0, 0.05) is 12.6 Å². The zero-order valence-electron chi connectivity index (χ0n) is 10.5. The molecule has 1 aliphatic rings. The Kier molecular flexibility index (Phi) is 6.30. The highest BCUT2D eigenvalue weighted by Crippen LogP contribution is 2.09. The van der Waals surface area contributed by atoms with Crippen LogP contribution in [-0.4, -0.2) is 36.7 Å². The highest BCUT2D eigenvalue weighted by Gasteiger charge is 2.24. The average molecular weight is 251 g/mol. The molecule has 5 heteroatoms. The van der Waals surface area contributed by atoms with Gasteiger partial charge in [0.1, 0.15) is 11.6 Å². The van der Waals surface area contributed by atoms with Gasteiger partial charge in [0.15, 0.2) is 0 Å². The normalized spacial score (nSPS) is 22.4. The van der Waals surface area contributed by atoms with Crippen LogP contribution in [0.3, 0.4) is 0 Å². The van der Waals surface area contributed by atoms with Crippen molar-refractivity contribution in [2.75, 3.05) is 13.1 Å². The number of rotatable bonds is 3. The summed E-state index contributed by atoms with van der Waals surface area (Å²) < 4.78 is 5.29. The first-order chi connectivity index (χ1) is 6.88. The van der Waals surface area contributed by atoms with E-state index in [4.69, 9.17) is 4.74 Å². The molecule has 0 amide bonds. The fourth-order valence-electron chi connectivity index (χ4n) is 1.61. The number of hydrogen-bond donors (Lipinski definition) is 2. The summed E-state index contributed by atoms with van der Waals surface area (Å²) in [5, 5.41) is 6.51. The molecule has 0 bridgehead atoms. The minimum Gasteiger partial charge on any atom is -0.459 e. The number of esters is 1. The Balaban J connectivity index is 0.00000225. The van der Waals surface area contributed by atoms with Gasteiger partial charge < -0.3 is 15.4 Å². The molecule has 0 radical (unpaired) electrons. The lowest BCUT2D eigenvalue weighted by molar-refractivity contribution is -0.157. The van der Waals surface area contributed by atoms with Crippen molar-refractivity contribution < 1.29 is 9.53 Å². The smallest absolute Gasteiger partial charge is 0.323 e. The lowest BCUT2D eigenvalue weighted by Crippen LogP contribution is -2.45. The van der Waals surface area contributed by atoms with Crippen molar-refractivity contribution in [3.8, 4) is 0 Å². The highest BCUT2D eigenvalue weighted by atomic mass is 35.5. The summed E-state index contributed by atoms with van der Waals surface area (Å²) in [6.45, 7) is 9.47. The highest BCUT2D eigenvalue weighted by molar-refractivity contribution is 5.85. The lowest BCUT2D eigenvalue weighted by atomic mass is 10.2. The molecule has 0 unspecified atom stereocenters. The van der Waals surface area contributed by atoms with Crippen molar-refractivity contribution in [2.45, 2.75) is 51.8 Å². The van der Waals surface area contributed by atoms with Gasteiger partial charge in [0.25, 0.3) is 0 Å². The van der Waals surface area contributed by atoms with Crippen LogP contribution in [0.15, 0.2) is 0 Å². The Morgan fingerprint density at radius 3 is 2.56 bits per heavy atom. The molecule has 1 fully saturated rings. The van der Waals surface area contributed by atoms with Crippen LogP contribution in [0.25, 0.3) is 0 Å². The second-order valence-corrected chi connectivity index (χ2v) is 5.11. The molecule has 1 heterocycles. The third-order valence-electron chi connectivity index (χ3n) is 2.31. The molecule has 2 N–H and O–H groups in total. The van der Waals surface area contributed by atoms with Crippen molar-refractivity contribution in [2.24, 2.45) is 0 Å². The predicted molar refractivity (Wildman–Crippen MR) is 67.0 cm³/mol. The van der Waals surface area contributed by atoms with Gasteiger partial charge in [0.2, 0.25) is 0 Å². The molecule has 0 aromatic carbocycles. The van der Waals surface area contributed by atoms with Crippen LogP contribution in [0.2, 0.25) is 0 Å². The van der Waals surface area contributed by atoms with E-state index in [2.05, 4.69) is 10.6 Å². The van der Waals surface area contributed by atoms with Crippen molar-refractivity contribution in [1.29, 1.82) is 0 Å². The third kappa shape index (κ3) is 5.68. The first kappa shape index (κ1) is 15.7. The van der Waals surface area contributed by atoms with Crippen LogP contribution in [0, 0.1) is 0 Å². The van der Waals surface area contributed by atoms with Crippen LogP contribution in [0.4, 0.5) is 0 Å². The van der Waals surface area contributed by atoms with E-state index in [0.29, 0.717) is 6.04 Å². The second kappa shape index (κ2) is 6.42. The molecule has 96 valence electrons. The maximum atomic E-state index is 11.6. The van der Waals surface area contributed by atoms with Crippen LogP contribution in [-0.2, 0) is 9.53 Å². The van der Waals surface area contributed by atoms with Crippen LogP contribution < -0.4 is 10.6 Å². The summed E-state index contributed by atoms with van der Waals surface area (Å²) in [7, 11) is 0. The Labute approximate surface area is 104 Å². The van der Waals surface area contributed by atoms with Gasteiger partial charge in [0.05, 0.1) is 0 Å². The Bertz CT molecular complexity index is 223. The number of hydrogen-bond acceptors (Lipinski definition) is 4. The molecule has 0 spiro atoms. The number of carbonyl (C=O) groups is 1. The molecule has 0 saturated carbocycles. The molecule has 1 aliphatic heterocycles. The summed E-state index contributed by atoms with van der Waals surface area (Å²) in [4.78, 5) is 11.6. The standard InChI is InChI=1S/C11H22N2O2.ClH/c1-8(10(14)15-11(2,3)4)13-9-5-6-12-7-9;/h8-9,12-13H,5-7H2,1-4H3;1H/t8-,9-;/m0./s1. The number of ether oxygens (including phenoxy) is 1. The quantitative estimate of drug-likeness (QED) is 0.737. The number of nitrogens with one attached hydrogen (secondary N) is 2. The molecule has 1 saturated heterocycles. The first-order valence-electron chi connectivity index (χ1n) is 5.58. The second-order valence-electron chi connectivity index (χ2n) is 5.11. The van der Waals surface area contributed by atoms with Gasteiger partial charge >= 0.3 is 5.97 Å². The maximum absolute atomic E-state index is 11.6. The first-order valence-corrected chi connectivity index (χ1v) is 5.58. The molecule has 0 aromatic rings. The molecular formula is C11H23ClN2O2. The minimum absolute atomic E-state index is 0. The molecule has 4 nitrogen and oxygen atoms in total. The monoisotopic (exact) mass is 250 g/mol. The minimum atomic E-state index is -0.402. The van der Waals surface area contributed by atoms with Gasteiger partial charge in [-0.05, 0) is 40.7 Å². The lowest BCUT2D eigenvalue weighted by Gasteiger charge is -2.24. The van der Waals surface area contributed by atoms with Crippen molar-refractivity contribution in [1.82, 2.24) is 10.6 Å². The van der Waals surface area contributed by atoms with E-state index in [-0.39, 0.29) is 24.4 Å². The van der Waals surface area contributed by atoms with E-state index in [9.17, 15) is 4.79 Å². The molecule has 16 heavy (non-hydrogen) atoms. The van der Waals surface area contributed by atoms with Crippen LogP contribution in [0.1, 0.15) is 34.1 Å². The largest absolute Gasteiger partial charge is 0.459 e. The molecule has 2 atom stereocenters. The topological polar surface area (TPSA) is 50.4 Å². The van der Waals surface area contributed by atoms with E-state index in [0.717, 1.165) is 19.5 Å². The number of carbonyl (C=O) groups excluding carboxylic acids is 1.